The predicted octanol–water partition coefficient (Wildman–Crippen LogP) is 5.43. The van der Waals surface area contributed by atoms with Gasteiger partial charge in [-0.05, 0) is 42.5 Å². The summed E-state index contributed by atoms with van der Waals surface area (Å²) in [6, 6.07) is 20.0. The summed E-state index contributed by atoms with van der Waals surface area (Å²) in [6.45, 7) is -0.201. The third-order valence-corrected chi connectivity index (χ3v) is 5.75. The lowest BCUT2D eigenvalue weighted by Crippen LogP contribution is -2.32. The highest BCUT2D eigenvalue weighted by Crippen LogP contribution is 2.48. The summed E-state index contributed by atoms with van der Waals surface area (Å²) < 4.78 is 11.0. The van der Waals surface area contributed by atoms with Crippen molar-refractivity contribution in [2.75, 3.05) is 18.6 Å². The molecule has 0 saturated heterocycles. The van der Waals surface area contributed by atoms with E-state index in [1.165, 1.54) is 7.11 Å². The van der Waals surface area contributed by atoms with Crippen LogP contribution in [-0.4, -0.2) is 19.6 Å². The monoisotopic (exact) mass is 422 g/mol. The number of nitriles is 1. The number of amides is 1. The van der Waals surface area contributed by atoms with E-state index >= 15 is 0 Å². The van der Waals surface area contributed by atoms with E-state index in [-0.39, 0.29) is 12.5 Å². The quantitative estimate of drug-likeness (QED) is 0.561. The number of benzene rings is 3. The summed E-state index contributed by atoms with van der Waals surface area (Å²) in [5, 5.41) is 9.58. The Morgan fingerprint density at radius 1 is 1.07 bits per heavy atom. The zero-order valence-corrected chi connectivity index (χ0v) is 17.0. The Hall–Kier alpha value is -3.14. The first-order valence-corrected chi connectivity index (χ1v) is 9.90. The summed E-state index contributed by atoms with van der Waals surface area (Å²) in [5.74, 6) is 0.549. The largest absolute Gasteiger partial charge is 0.493 e. The van der Waals surface area contributed by atoms with Crippen molar-refractivity contribution in [3.8, 4) is 17.6 Å². The zero-order valence-electron chi connectivity index (χ0n) is 15.4. The van der Waals surface area contributed by atoms with Gasteiger partial charge >= 0.3 is 0 Å². The topological polar surface area (TPSA) is 62.6 Å². The minimum absolute atomic E-state index is 0.201. The van der Waals surface area contributed by atoms with E-state index in [2.05, 4.69) is 0 Å². The van der Waals surface area contributed by atoms with Crippen molar-refractivity contribution in [1.82, 2.24) is 0 Å². The Bertz CT molecular complexity index is 1140. The molecule has 1 amide bonds. The van der Waals surface area contributed by atoms with Crippen molar-refractivity contribution in [3.05, 3.63) is 71.2 Å². The predicted molar refractivity (Wildman–Crippen MR) is 112 cm³/mol. The van der Waals surface area contributed by atoms with E-state index < -0.39 is 0 Å². The molecule has 0 aromatic heterocycles. The van der Waals surface area contributed by atoms with Gasteiger partial charge in [0.1, 0.15) is 0 Å². The molecule has 1 heterocycles. The third-order valence-electron chi connectivity index (χ3n) is 4.38. The maximum atomic E-state index is 13.2. The van der Waals surface area contributed by atoms with Crippen LogP contribution in [0.15, 0.2) is 70.5 Å². The Morgan fingerprint density at radius 3 is 2.66 bits per heavy atom. The Kier molecular flexibility index (Phi) is 5.34. The molecule has 0 fully saturated rings. The lowest BCUT2D eigenvalue weighted by molar-refractivity contribution is -0.119. The van der Waals surface area contributed by atoms with Crippen molar-refractivity contribution in [3.63, 3.8) is 0 Å². The first-order valence-electron chi connectivity index (χ1n) is 8.71. The van der Waals surface area contributed by atoms with E-state index in [4.69, 9.17) is 26.3 Å². The number of hydrogen-bond acceptors (Lipinski definition) is 5. The fourth-order valence-electron chi connectivity index (χ4n) is 3.06. The van der Waals surface area contributed by atoms with Crippen molar-refractivity contribution < 1.29 is 14.3 Å². The molecule has 0 N–H and O–H groups in total. The van der Waals surface area contributed by atoms with Crippen molar-refractivity contribution in [2.24, 2.45) is 0 Å². The van der Waals surface area contributed by atoms with Gasteiger partial charge in [0.25, 0.3) is 5.91 Å². The lowest BCUT2D eigenvalue weighted by Gasteiger charge is -2.31. The van der Waals surface area contributed by atoms with Gasteiger partial charge in [-0.15, -0.1) is 0 Å². The molecule has 0 spiro atoms. The van der Waals surface area contributed by atoms with Crippen LogP contribution in [0.3, 0.4) is 0 Å². The van der Waals surface area contributed by atoms with Gasteiger partial charge in [-0.2, -0.15) is 5.26 Å². The normalized spacial score (nSPS) is 11.8. The molecule has 4 rings (SSSR count). The zero-order chi connectivity index (χ0) is 20.4. The van der Waals surface area contributed by atoms with Crippen molar-refractivity contribution in [1.29, 1.82) is 5.26 Å². The molecule has 0 aliphatic carbocycles. The first-order chi connectivity index (χ1) is 14.1. The van der Waals surface area contributed by atoms with Gasteiger partial charge in [-0.1, -0.05) is 35.5 Å². The fraction of sp³-hybridized carbons (Fsp3) is 0.0909. The first kappa shape index (κ1) is 19.2. The lowest BCUT2D eigenvalue weighted by atomic mass is 10.2. The number of nitrogens with zero attached hydrogens (tertiary/aromatic N) is 2. The maximum absolute atomic E-state index is 13.2. The van der Waals surface area contributed by atoms with E-state index in [0.29, 0.717) is 22.1 Å². The highest BCUT2D eigenvalue weighted by Gasteiger charge is 2.28. The standard InChI is InChI=1S/C22H15ClN2O3S/c1-27-19-10-14(12-24)6-8-18(19)28-13-22(26)25-16-4-2-3-5-20(16)29-21-9-7-15(23)11-17(21)25/h2-11H,13H2,1H3. The number of halogens is 1. The van der Waals surface area contributed by atoms with Gasteiger partial charge in [0, 0.05) is 20.9 Å². The Labute approximate surface area is 177 Å². The SMILES string of the molecule is COc1cc(C#N)ccc1OCC(=O)N1c2ccccc2Sc2ccc(Cl)cc21. The van der Waals surface area contributed by atoms with E-state index in [1.54, 1.807) is 40.9 Å². The Balaban J connectivity index is 1.64. The number of para-hydroxylation sites is 1. The highest BCUT2D eigenvalue weighted by molar-refractivity contribution is 7.99. The van der Waals surface area contributed by atoms with Gasteiger partial charge in [0.15, 0.2) is 18.1 Å². The van der Waals surface area contributed by atoms with E-state index in [9.17, 15) is 4.79 Å². The van der Waals surface area contributed by atoms with Gasteiger partial charge in [-0.3, -0.25) is 9.69 Å². The molecule has 7 heteroatoms. The van der Waals surface area contributed by atoms with Crippen LogP contribution < -0.4 is 14.4 Å². The molecule has 0 bridgehead atoms. The molecule has 3 aromatic carbocycles. The summed E-state index contributed by atoms with van der Waals surface area (Å²) >= 11 is 7.79. The van der Waals surface area contributed by atoms with Gasteiger partial charge in [0.2, 0.25) is 0 Å². The van der Waals surface area contributed by atoms with Crippen LogP contribution in [0.4, 0.5) is 11.4 Å². The number of methoxy groups -OCH3 is 1. The molecule has 29 heavy (non-hydrogen) atoms. The number of carbonyl (C=O) groups excluding carboxylic acids is 1. The molecule has 5 nitrogen and oxygen atoms in total. The second-order valence-corrected chi connectivity index (χ2v) is 7.70. The Morgan fingerprint density at radius 2 is 1.86 bits per heavy atom. The fourth-order valence-corrected chi connectivity index (χ4v) is 4.26. The average molecular weight is 423 g/mol. The van der Waals surface area contributed by atoms with Gasteiger partial charge < -0.3 is 9.47 Å². The molecule has 144 valence electrons. The van der Waals surface area contributed by atoms with Crippen LogP contribution in [0.1, 0.15) is 5.56 Å². The van der Waals surface area contributed by atoms with Crippen LogP contribution >= 0.6 is 23.4 Å². The van der Waals surface area contributed by atoms with Gasteiger partial charge in [0.05, 0.1) is 30.1 Å². The molecule has 3 aromatic rings. The molecule has 1 aliphatic rings. The van der Waals surface area contributed by atoms with Crippen molar-refractivity contribution in [2.45, 2.75) is 9.79 Å². The van der Waals surface area contributed by atoms with Crippen LogP contribution in [0.5, 0.6) is 11.5 Å². The smallest absolute Gasteiger partial charge is 0.269 e. The molecular formula is C22H15ClN2O3S. The van der Waals surface area contributed by atoms with Crippen LogP contribution in [0.2, 0.25) is 5.02 Å². The summed E-state index contributed by atoms with van der Waals surface area (Å²) in [4.78, 5) is 16.7. The maximum Gasteiger partial charge on any atom is 0.269 e. The van der Waals surface area contributed by atoms with Crippen molar-refractivity contribution >= 4 is 40.6 Å². The molecular weight excluding hydrogens is 408 g/mol. The number of anilines is 2. The molecule has 0 unspecified atom stereocenters. The van der Waals surface area contributed by atoms with E-state index in [1.807, 2.05) is 42.5 Å². The second kappa shape index (κ2) is 8.08. The summed E-state index contributed by atoms with van der Waals surface area (Å²) in [5.41, 5.74) is 1.96. The molecule has 0 saturated carbocycles. The van der Waals surface area contributed by atoms with Crippen LogP contribution in [-0.2, 0) is 4.79 Å². The molecule has 0 radical (unpaired) electrons. The number of carbonyl (C=O) groups is 1. The minimum atomic E-state index is -0.243. The third kappa shape index (κ3) is 3.75. The highest BCUT2D eigenvalue weighted by atomic mass is 35.5. The van der Waals surface area contributed by atoms with Crippen LogP contribution in [0, 0.1) is 11.3 Å². The number of hydrogen-bond donors (Lipinski definition) is 0. The average Bonchev–Trinajstić information content (AvgIpc) is 2.75. The summed E-state index contributed by atoms with van der Waals surface area (Å²) in [7, 11) is 1.49. The summed E-state index contributed by atoms with van der Waals surface area (Å²) in [6.07, 6.45) is 0. The number of ether oxygens (including phenoxy) is 2. The number of fused-ring (bicyclic) bond motifs is 2. The van der Waals surface area contributed by atoms with Gasteiger partial charge in [-0.25, -0.2) is 0 Å². The second-order valence-electron chi connectivity index (χ2n) is 6.18. The minimum Gasteiger partial charge on any atom is -0.493 e. The van der Waals surface area contributed by atoms with E-state index in [0.717, 1.165) is 21.2 Å². The molecule has 0 atom stereocenters. The molecule has 1 aliphatic heterocycles. The number of rotatable bonds is 4. The van der Waals surface area contributed by atoms with Crippen LogP contribution in [0.25, 0.3) is 0 Å².